The van der Waals surface area contributed by atoms with Crippen molar-refractivity contribution in [2.45, 2.75) is 241 Å². The highest BCUT2D eigenvalue weighted by Crippen LogP contribution is 2.42. The maximum Gasteiger partial charge on any atom is 0.138 e. The van der Waals surface area contributed by atoms with Gasteiger partial charge in [0, 0.05) is 93.4 Å². The van der Waals surface area contributed by atoms with Crippen LogP contribution in [0.2, 0.25) is 0 Å². The number of fused-ring (bicyclic) bond motifs is 1. The average Bonchev–Trinajstić information content (AvgIpc) is 1.82. The summed E-state index contributed by atoms with van der Waals surface area (Å²) in [7, 11) is 10.3. The summed E-state index contributed by atoms with van der Waals surface area (Å²) in [5.41, 5.74) is 14.5. The molecule has 0 radical (unpaired) electrons. The van der Waals surface area contributed by atoms with E-state index in [1.807, 2.05) is 30.5 Å². The molecule has 13 heteroatoms. The van der Waals surface area contributed by atoms with Gasteiger partial charge in [0.25, 0.3) is 0 Å². The van der Waals surface area contributed by atoms with E-state index in [1.54, 1.807) is 42.7 Å². The van der Waals surface area contributed by atoms with Crippen LogP contribution >= 0.6 is 0 Å². The highest BCUT2D eigenvalue weighted by atomic mass is 16.6. The Kier molecular flexibility index (Phi) is 29.6. The van der Waals surface area contributed by atoms with E-state index in [-0.39, 0.29) is 35.9 Å². The van der Waals surface area contributed by atoms with Crippen LogP contribution in [0.15, 0.2) is 102 Å². The van der Waals surface area contributed by atoms with Crippen LogP contribution < -0.4 is 23.7 Å². The Labute approximate surface area is 558 Å². The molecule has 508 valence electrons. The topological polar surface area (TPSA) is 123 Å². The Morgan fingerprint density at radius 2 is 0.828 bits per heavy atom. The summed E-state index contributed by atoms with van der Waals surface area (Å²) < 4.78 is 71.6. The Balaban J connectivity index is 0.000000202. The smallest absolute Gasteiger partial charge is 0.138 e. The standard InChI is InChI=1S/C32H39NO4.C27H38O4.C21H34O4/c1-8-21(2)22-9-11-26(12-10-22)36-29-13-14-30(28-18-33-17-27(28)29)37-31-23(19-34-6)15-25(32(3,4)5)16-24(31)20-35-7;1-6-20(3)21-11-13-24(14-12-21)30-25-9-7-8-10-26(25)31-27-22(17-28-4)15-19(2)16-23(27)18-29-5;1-6-16(3)24-19-9-7-8-10-20(19)25-21-17(13-22-4)11-15(2)12-18(21)14-23-5/h9-17,21H,8,18-20H2,1-7H3;11-16,20,25-26H,6-10,17-18H2,1-5H3;11-12,16,19-20H,6-10,13-14H2,1-5H3. The number of ether oxygens (including phenoxy) is 12. The van der Waals surface area contributed by atoms with Crippen LogP contribution in [0.25, 0.3) is 0 Å². The number of aliphatic imine (C=N–C) groups is 1. The van der Waals surface area contributed by atoms with Gasteiger partial charge in [-0.2, -0.15) is 0 Å². The quantitative estimate of drug-likeness (QED) is 0.0444. The summed E-state index contributed by atoms with van der Waals surface area (Å²) in [6, 6.07) is 33.8. The third kappa shape index (κ3) is 21.1. The van der Waals surface area contributed by atoms with Gasteiger partial charge in [0.1, 0.15) is 58.6 Å². The molecule has 7 unspecified atom stereocenters. The highest BCUT2D eigenvalue weighted by Gasteiger charge is 2.33. The fraction of sp³-hybridized carbons (Fsp3) is 0.537. The zero-order chi connectivity index (χ0) is 67.0. The van der Waals surface area contributed by atoms with E-state index in [2.05, 4.69) is 154 Å². The summed E-state index contributed by atoms with van der Waals surface area (Å²) in [6.07, 6.45) is 14.6. The van der Waals surface area contributed by atoms with Crippen LogP contribution in [0.1, 0.15) is 217 Å². The Hall–Kier alpha value is -6.29. The first-order valence-electron chi connectivity index (χ1n) is 34.1. The molecule has 0 saturated heterocycles. The van der Waals surface area contributed by atoms with Gasteiger partial charge in [-0.15, -0.1) is 0 Å². The molecule has 2 saturated carbocycles. The number of hydrogen-bond acceptors (Lipinski definition) is 13. The number of benzene rings is 6. The van der Waals surface area contributed by atoms with Gasteiger partial charge in [-0.1, -0.05) is 121 Å². The molecular formula is C80H111NO12. The normalized spacial score (nSPS) is 17.9. The van der Waals surface area contributed by atoms with E-state index in [1.165, 1.54) is 47.1 Å². The molecular weight excluding hydrogens is 1170 g/mol. The van der Waals surface area contributed by atoms with E-state index in [0.29, 0.717) is 58.0 Å². The molecule has 6 aromatic rings. The first kappa shape index (κ1) is 74.1. The highest BCUT2D eigenvalue weighted by molar-refractivity contribution is 5.89. The van der Waals surface area contributed by atoms with Crippen LogP contribution in [0.3, 0.4) is 0 Å². The van der Waals surface area contributed by atoms with Crippen LogP contribution in [0.4, 0.5) is 0 Å². The third-order valence-corrected chi connectivity index (χ3v) is 18.1. The number of rotatable bonds is 29. The number of hydrogen-bond donors (Lipinski definition) is 0. The maximum atomic E-state index is 6.66. The zero-order valence-electron chi connectivity index (χ0n) is 59.4. The van der Waals surface area contributed by atoms with Crippen molar-refractivity contribution in [2.75, 3.05) is 42.7 Å². The predicted octanol–water partition coefficient (Wildman–Crippen LogP) is 19.7. The fourth-order valence-electron chi connectivity index (χ4n) is 12.4. The van der Waals surface area contributed by atoms with Crippen LogP contribution in [0, 0.1) is 13.8 Å². The summed E-state index contributed by atoms with van der Waals surface area (Å²) in [4.78, 5) is 4.53. The Morgan fingerprint density at radius 1 is 0.441 bits per heavy atom. The van der Waals surface area contributed by atoms with Gasteiger partial charge < -0.3 is 56.8 Å². The molecule has 2 fully saturated rings. The summed E-state index contributed by atoms with van der Waals surface area (Å²) in [5, 5.41) is 0. The van der Waals surface area contributed by atoms with Gasteiger partial charge in [-0.3, -0.25) is 4.99 Å². The van der Waals surface area contributed by atoms with Crippen molar-refractivity contribution in [1.29, 1.82) is 0 Å². The maximum absolute atomic E-state index is 6.66. The molecule has 7 atom stereocenters. The number of methoxy groups -OCH3 is 6. The van der Waals surface area contributed by atoms with Gasteiger partial charge in [-0.25, -0.2) is 0 Å². The molecule has 13 nitrogen and oxygen atoms in total. The molecule has 0 N–H and O–H groups in total. The molecule has 0 spiro atoms. The second-order valence-electron chi connectivity index (χ2n) is 26.6. The van der Waals surface area contributed by atoms with Gasteiger partial charge in [-0.05, 0) is 167 Å². The molecule has 0 amide bonds. The number of nitrogens with zero attached hydrogens (tertiary/aromatic N) is 1. The third-order valence-electron chi connectivity index (χ3n) is 18.1. The summed E-state index contributed by atoms with van der Waals surface area (Å²) in [5.74, 6) is 6.96. The van der Waals surface area contributed by atoms with Crippen molar-refractivity contribution in [3.63, 3.8) is 0 Å². The van der Waals surface area contributed by atoms with E-state index >= 15 is 0 Å². The lowest BCUT2D eigenvalue weighted by atomic mass is 9.84. The van der Waals surface area contributed by atoms with Crippen LogP contribution in [-0.4, -0.2) is 79.4 Å². The van der Waals surface area contributed by atoms with Crippen LogP contribution in [-0.2, 0) is 84.8 Å². The lowest BCUT2D eigenvalue weighted by molar-refractivity contribution is -0.0807. The lowest BCUT2D eigenvalue weighted by Gasteiger charge is -2.34. The summed E-state index contributed by atoms with van der Waals surface area (Å²) >= 11 is 0. The monoisotopic (exact) mass is 1280 g/mol. The van der Waals surface area contributed by atoms with Crippen molar-refractivity contribution >= 4 is 6.21 Å². The molecule has 1 heterocycles. The minimum Gasteiger partial charge on any atom is -0.487 e. The average molecular weight is 1280 g/mol. The van der Waals surface area contributed by atoms with Crippen LogP contribution in [0.5, 0.6) is 40.2 Å². The van der Waals surface area contributed by atoms with Crippen molar-refractivity contribution in [3.05, 3.63) is 169 Å². The molecule has 1 aliphatic heterocycles. The Bertz CT molecular complexity index is 3180. The lowest BCUT2D eigenvalue weighted by Crippen LogP contribution is -2.39. The first-order valence-corrected chi connectivity index (χ1v) is 34.1. The molecule has 9 rings (SSSR count). The van der Waals surface area contributed by atoms with Gasteiger partial charge in [0.15, 0.2) is 0 Å². The fourth-order valence-corrected chi connectivity index (χ4v) is 12.4. The molecule has 6 aromatic carbocycles. The summed E-state index contributed by atoms with van der Waals surface area (Å²) in [6.45, 7) is 27.6. The van der Waals surface area contributed by atoms with Gasteiger partial charge in [0.05, 0.1) is 58.4 Å². The molecule has 2 aliphatic carbocycles. The zero-order valence-corrected chi connectivity index (χ0v) is 59.4. The van der Waals surface area contributed by atoms with E-state index < -0.39 is 0 Å². The van der Waals surface area contributed by atoms with E-state index in [9.17, 15) is 0 Å². The molecule has 93 heavy (non-hydrogen) atoms. The van der Waals surface area contributed by atoms with Gasteiger partial charge in [0.2, 0.25) is 0 Å². The Morgan fingerprint density at radius 3 is 1.24 bits per heavy atom. The SMILES string of the molecule is CCC(C)OC1CCCCC1Oc1c(COC)cc(C)cc1COC.CCC(C)c1ccc(OC2CCCCC2Oc2c(COC)cc(C)cc2COC)cc1.CCC(C)c1ccc(Oc2ccc(Oc3c(COC)cc(C(C)(C)C)cc3COC)c3c2C=NC3)cc1. The molecule has 3 aliphatic rings. The van der Waals surface area contributed by atoms with Crippen molar-refractivity contribution in [2.24, 2.45) is 4.99 Å². The van der Waals surface area contributed by atoms with E-state index in [0.717, 1.165) is 136 Å². The minimum atomic E-state index is -0.00955. The second kappa shape index (κ2) is 37.1. The predicted molar refractivity (Wildman–Crippen MR) is 375 cm³/mol. The van der Waals surface area contributed by atoms with Gasteiger partial charge >= 0.3 is 0 Å². The van der Waals surface area contributed by atoms with Crippen molar-refractivity contribution in [3.8, 4) is 40.2 Å². The van der Waals surface area contributed by atoms with Crippen molar-refractivity contribution in [1.82, 2.24) is 0 Å². The first-order chi connectivity index (χ1) is 44.9. The van der Waals surface area contributed by atoms with E-state index in [4.69, 9.17) is 56.8 Å². The largest absolute Gasteiger partial charge is 0.487 e. The minimum absolute atomic E-state index is 0.00955. The van der Waals surface area contributed by atoms with Crippen molar-refractivity contribution < 1.29 is 56.8 Å². The molecule has 0 bridgehead atoms. The molecule has 0 aromatic heterocycles. The second-order valence-corrected chi connectivity index (χ2v) is 26.6. The number of aryl methyl sites for hydroxylation is 2.